The molecule has 2 aromatic rings. The van der Waals surface area contributed by atoms with Crippen LogP contribution in [0.25, 0.3) is 0 Å². The lowest BCUT2D eigenvalue weighted by Gasteiger charge is -2.14. The molecule has 112 valence electrons. The number of methoxy groups -OCH3 is 1. The van der Waals surface area contributed by atoms with Crippen molar-refractivity contribution in [3.05, 3.63) is 59.4 Å². The second-order valence-electron chi connectivity index (χ2n) is 4.77. The maximum atomic E-state index is 14.1. The highest BCUT2D eigenvalue weighted by atomic mass is 19.1. The minimum absolute atomic E-state index is 0.275. The number of hydrogen-bond acceptors (Lipinski definition) is 3. The first-order chi connectivity index (χ1) is 10.2. The number of rotatable bonds is 7. The molecule has 21 heavy (non-hydrogen) atoms. The molecule has 0 radical (unpaired) electrons. The summed E-state index contributed by atoms with van der Waals surface area (Å²) in [5, 5.41) is 3.20. The smallest absolute Gasteiger partial charge is 0.167 e. The number of hydrogen-bond donors (Lipinski definition) is 1. The molecule has 0 aliphatic carbocycles. The van der Waals surface area contributed by atoms with E-state index in [9.17, 15) is 4.39 Å². The van der Waals surface area contributed by atoms with Crippen LogP contribution in [0.5, 0.6) is 11.5 Å². The fourth-order valence-corrected chi connectivity index (χ4v) is 1.99. The zero-order valence-corrected chi connectivity index (χ0v) is 12.4. The van der Waals surface area contributed by atoms with E-state index in [0.717, 1.165) is 11.1 Å². The molecule has 3 nitrogen and oxygen atoms in total. The summed E-state index contributed by atoms with van der Waals surface area (Å²) in [6.07, 6.45) is 0. The molecule has 0 aliphatic rings. The van der Waals surface area contributed by atoms with Gasteiger partial charge in [0.15, 0.2) is 11.6 Å². The van der Waals surface area contributed by atoms with Crippen LogP contribution in [-0.4, -0.2) is 20.3 Å². The van der Waals surface area contributed by atoms with Crippen molar-refractivity contribution in [3.63, 3.8) is 0 Å². The largest absolute Gasteiger partial charge is 0.454 e. The third-order valence-electron chi connectivity index (χ3n) is 3.15. The van der Waals surface area contributed by atoms with Crippen molar-refractivity contribution in [3.8, 4) is 11.5 Å². The van der Waals surface area contributed by atoms with Crippen LogP contribution in [0.15, 0.2) is 42.5 Å². The predicted molar refractivity (Wildman–Crippen MR) is 81.2 cm³/mol. The number of halogens is 1. The van der Waals surface area contributed by atoms with Gasteiger partial charge in [-0.3, -0.25) is 0 Å². The highest BCUT2D eigenvalue weighted by Gasteiger charge is 2.11. The molecule has 1 N–H and O–H groups in total. The van der Waals surface area contributed by atoms with E-state index >= 15 is 0 Å². The molecule has 0 aliphatic heterocycles. The first kappa shape index (κ1) is 15.5. The quantitative estimate of drug-likeness (QED) is 0.789. The molecule has 0 amide bonds. The van der Waals surface area contributed by atoms with Crippen molar-refractivity contribution in [1.82, 2.24) is 5.32 Å². The molecule has 0 saturated heterocycles. The Balaban J connectivity index is 2.16. The lowest BCUT2D eigenvalue weighted by molar-refractivity contribution is 0.199. The molecule has 2 rings (SSSR count). The van der Waals surface area contributed by atoms with E-state index in [0.29, 0.717) is 25.4 Å². The normalized spacial score (nSPS) is 10.6. The average Bonchev–Trinajstić information content (AvgIpc) is 2.49. The number of benzene rings is 2. The average molecular weight is 289 g/mol. The van der Waals surface area contributed by atoms with Gasteiger partial charge >= 0.3 is 0 Å². The Bertz CT molecular complexity index is 587. The van der Waals surface area contributed by atoms with Crippen LogP contribution >= 0.6 is 0 Å². The van der Waals surface area contributed by atoms with E-state index in [1.165, 1.54) is 6.07 Å². The highest BCUT2D eigenvalue weighted by molar-refractivity contribution is 5.41. The van der Waals surface area contributed by atoms with Crippen LogP contribution in [-0.2, 0) is 11.3 Å². The Kier molecular flexibility index (Phi) is 5.72. The van der Waals surface area contributed by atoms with Gasteiger partial charge in [-0.15, -0.1) is 0 Å². The molecule has 0 saturated carbocycles. The first-order valence-electron chi connectivity index (χ1n) is 6.93. The van der Waals surface area contributed by atoms with Crippen LogP contribution in [0.1, 0.15) is 11.1 Å². The van der Waals surface area contributed by atoms with E-state index in [2.05, 4.69) is 5.32 Å². The van der Waals surface area contributed by atoms with Gasteiger partial charge in [0.2, 0.25) is 0 Å². The fourth-order valence-electron chi connectivity index (χ4n) is 1.99. The molecule has 0 aromatic heterocycles. The standard InChI is InChI=1S/C17H20FNO2/c1-13-6-3-4-9-16(13)21-17-14(7-5-8-15(17)18)12-19-10-11-20-2/h3-9,19H,10-12H2,1-2H3. The Labute approximate surface area is 124 Å². The molecule has 4 heteroatoms. The van der Waals surface area contributed by atoms with Gasteiger partial charge in [-0.2, -0.15) is 0 Å². The van der Waals surface area contributed by atoms with Gasteiger partial charge in [0, 0.05) is 25.8 Å². The Morgan fingerprint density at radius 1 is 1.10 bits per heavy atom. The van der Waals surface area contributed by atoms with Crippen molar-refractivity contribution in [2.45, 2.75) is 13.5 Å². The summed E-state index contributed by atoms with van der Waals surface area (Å²) in [5.74, 6) is 0.585. The first-order valence-corrected chi connectivity index (χ1v) is 6.93. The summed E-state index contributed by atoms with van der Waals surface area (Å²) in [7, 11) is 1.65. The maximum absolute atomic E-state index is 14.1. The van der Waals surface area contributed by atoms with Crippen LogP contribution < -0.4 is 10.1 Å². The van der Waals surface area contributed by atoms with E-state index in [1.807, 2.05) is 37.3 Å². The molecule has 0 heterocycles. The maximum Gasteiger partial charge on any atom is 0.167 e. The summed E-state index contributed by atoms with van der Waals surface area (Å²) in [6, 6.07) is 12.5. The van der Waals surface area contributed by atoms with Gasteiger partial charge in [0.1, 0.15) is 5.75 Å². The monoisotopic (exact) mass is 289 g/mol. The van der Waals surface area contributed by atoms with Crippen LogP contribution in [0.2, 0.25) is 0 Å². The third-order valence-corrected chi connectivity index (χ3v) is 3.15. The fraction of sp³-hybridized carbons (Fsp3) is 0.294. The second-order valence-corrected chi connectivity index (χ2v) is 4.77. The summed E-state index contributed by atoms with van der Waals surface area (Å²) < 4.78 is 24.8. The van der Waals surface area contributed by atoms with E-state index in [1.54, 1.807) is 13.2 Å². The molecule has 2 aromatic carbocycles. The van der Waals surface area contributed by atoms with E-state index in [-0.39, 0.29) is 11.6 Å². The molecular formula is C17H20FNO2. The van der Waals surface area contributed by atoms with Crippen molar-refractivity contribution in [2.24, 2.45) is 0 Å². The van der Waals surface area contributed by atoms with Crippen molar-refractivity contribution in [2.75, 3.05) is 20.3 Å². The Morgan fingerprint density at radius 3 is 2.67 bits per heavy atom. The topological polar surface area (TPSA) is 30.5 Å². The zero-order valence-electron chi connectivity index (χ0n) is 12.4. The number of aryl methyl sites for hydroxylation is 1. The number of ether oxygens (including phenoxy) is 2. The summed E-state index contributed by atoms with van der Waals surface area (Å²) in [6.45, 7) is 3.79. The Morgan fingerprint density at radius 2 is 1.90 bits per heavy atom. The summed E-state index contributed by atoms with van der Waals surface area (Å²) in [4.78, 5) is 0. The van der Waals surface area contributed by atoms with Gasteiger partial charge in [0.05, 0.1) is 6.61 Å². The molecule has 0 unspecified atom stereocenters. The number of nitrogens with one attached hydrogen (secondary N) is 1. The van der Waals surface area contributed by atoms with Gasteiger partial charge in [-0.1, -0.05) is 30.3 Å². The second kappa shape index (κ2) is 7.76. The highest BCUT2D eigenvalue weighted by Crippen LogP contribution is 2.30. The predicted octanol–water partition coefficient (Wildman–Crippen LogP) is 3.66. The van der Waals surface area contributed by atoms with E-state index < -0.39 is 0 Å². The number of para-hydroxylation sites is 2. The van der Waals surface area contributed by atoms with E-state index in [4.69, 9.17) is 9.47 Å². The van der Waals surface area contributed by atoms with Crippen molar-refractivity contribution < 1.29 is 13.9 Å². The van der Waals surface area contributed by atoms with Crippen LogP contribution in [0.4, 0.5) is 4.39 Å². The zero-order chi connectivity index (χ0) is 15.1. The van der Waals surface area contributed by atoms with Gasteiger partial charge < -0.3 is 14.8 Å². The molecule has 0 atom stereocenters. The van der Waals surface area contributed by atoms with Crippen LogP contribution in [0, 0.1) is 12.7 Å². The third kappa shape index (κ3) is 4.28. The van der Waals surface area contributed by atoms with Gasteiger partial charge in [-0.05, 0) is 24.6 Å². The minimum atomic E-state index is -0.357. The van der Waals surface area contributed by atoms with Crippen molar-refractivity contribution in [1.29, 1.82) is 0 Å². The Hall–Kier alpha value is -1.91. The molecule has 0 spiro atoms. The lowest BCUT2D eigenvalue weighted by atomic mass is 10.1. The van der Waals surface area contributed by atoms with Crippen molar-refractivity contribution >= 4 is 0 Å². The van der Waals surface area contributed by atoms with Crippen LogP contribution in [0.3, 0.4) is 0 Å². The summed E-state index contributed by atoms with van der Waals surface area (Å²) in [5.41, 5.74) is 1.76. The SMILES string of the molecule is COCCNCc1cccc(F)c1Oc1ccccc1C. The molecule has 0 fully saturated rings. The summed E-state index contributed by atoms with van der Waals surface area (Å²) >= 11 is 0. The molecule has 0 bridgehead atoms. The molecular weight excluding hydrogens is 269 g/mol. The van der Waals surface area contributed by atoms with Gasteiger partial charge in [-0.25, -0.2) is 4.39 Å². The minimum Gasteiger partial charge on any atom is -0.454 e. The van der Waals surface area contributed by atoms with Gasteiger partial charge in [0.25, 0.3) is 0 Å². The lowest BCUT2D eigenvalue weighted by Crippen LogP contribution is -2.19.